The van der Waals surface area contributed by atoms with Crippen LogP contribution in [0.2, 0.25) is 0 Å². The van der Waals surface area contributed by atoms with E-state index in [9.17, 15) is 9.59 Å². The van der Waals surface area contributed by atoms with E-state index in [4.69, 9.17) is 14.2 Å². The van der Waals surface area contributed by atoms with Gasteiger partial charge in [-0.2, -0.15) is 0 Å². The molecule has 2 amide bonds. The summed E-state index contributed by atoms with van der Waals surface area (Å²) in [5.74, 6) is 1.06. The van der Waals surface area contributed by atoms with Crippen LogP contribution < -0.4 is 25.0 Å². The van der Waals surface area contributed by atoms with E-state index in [2.05, 4.69) is 33.6 Å². The Hall–Kier alpha value is -3.72. The minimum atomic E-state index is -0.627. The van der Waals surface area contributed by atoms with Gasteiger partial charge in [0.1, 0.15) is 11.9 Å². The van der Waals surface area contributed by atoms with Gasteiger partial charge in [-0.3, -0.25) is 15.0 Å². The van der Waals surface area contributed by atoms with Crippen LogP contribution in [-0.2, 0) is 0 Å². The third-order valence-corrected chi connectivity index (χ3v) is 6.54. The van der Waals surface area contributed by atoms with E-state index < -0.39 is 12.1 Å². The molecule has 0 fully saturated rings. The number of carbonyl (C=O) groups is 2. The van der Waals surface area contributed by atoms with Crippen LogP contribution in [0.3, 0.4) is 0 Å². The first-order valence-electron chi connectivity index (χ1n) is 11.9. The molecular weight excluding hydrogens is 526 g/mol. The molecule has 0 aromatic heterocycles. The minimum Gasteiger partial charge on any atom is -0.494 e. The third-order valence-electron chi connectivity index (χ3n) is 6.05. The fourth-order valence-electron chi connectivity index (χ4n) is 4.13. The number of rotatable bonds is 8. The van der Waals surface area contributed by atoms with E-state index >= 15 is 0 Å². The molecule has 0 saturated carbocycles. The fraction of sp³-hybridized carbons (Fsp3) is 0.259. The lowest BCUT2D eigenvalue weighted by Crippen LogP contribution is -2.52. The van der Waals surface area contributed by atoms with Crippen molar-refractivity contribution in [2.24, 2.45) is 0 Å². The summed E-state index contributed by atoms with van der Waals surface area (Å²) < 4.78 is 17.3. The highest BCUT2D eigenvalue weighted by Crippen LogP contribution is 2.35. The summed E-state index contributed by atoms with van der Waals surface area (Å²) in [6.45, 7) is 2.93. The zero-order chi connectivity index (χ0) is 25.1. The molecule has 1 atom stereocenters. The Bertz CT molecular complexity index is 1280. The van der Waals surface area contributed by atoms with Crippen molar-refractivity contribution in [3.8, 4) is 17.2 Å². The first-order chi connectivity index (χ1) is 17.5. The van der Waals surface area contributed by atoms with Gasteiger partial charge in [0.15, 0.2) is 11.5 Å². The van der Waals surface area contributed by atoms with Crippen LogP contribution in [0.4, 0.5) is 5.69 Å². The normalized spacial score (nSPS) is 15.8. The van der Waals surface area contributed by atoms with Crippen molar-refractivity contribution in [1.29, 1.82) is 0 Å². The number of hydrogen-bond donors (Lipinski definition) is 2. The molecular formula is C27H26BrN3O5. The number of benzene rings is 3. The molecule has 186 valence electrons. The summed E-state index contributed by atoms with van der Waals surface area (Å²) in [7, 11) is 0. The number of unbranched alkanes of at least 4 members (excludes halogenated alkanes) is 2. The summed E-state index contributed by atoms with van der Waals surface area (Å²) in [4.78, 5) is 26.7. The molecule has 5 rings (SSSR count). The lowest BCUT2D eigenvalue weighted by atomic mass is 10.0. The maximum Gasteiger partial charge on any atom is 0.276 e. The van der Waals surface area contributed by atoms with Gasteiger partial charge in [-0.05, 0) is 60.5 Å². The van der Waals surface area contributed by atoms with Crippen LogP contribution in [0.1, 0.15) is 58.6 Å². The molecule has 0 aliphatic carbocycles. The van der Waals surface area contributed by atoms with Gasteiger partial charge in [0.05, 0.1) is 12.2 Å². The summed E-state index contributed by atoms with van der Waals surface area (Å²) in [6, 6.07) is 17.9. The molecule has 0 bridgehead atoms. The molecule has 2 N–H and O–H groups in total. The van der Waals surface area contributed by atoms with E-state index in [0.29, 0.717) is 34.9 Å². The number of hydrogen-bond acceptors (Lipinski definition) is 6. The van der Waals surface area contributed by atoms with Crippen molar-refractivity contribution in [3.05, 3.63) is 81.8 Å². The summed E-state index contributed by atoms with van der Waals surface area (Å²) in [5, 5.41) is 4.70. The smallest absolute Gasteiger partial charge is 0.276 e. The zero-order valence-electron chi connectivity index (χ0n) is 19.8. The number of carbonyl (C=O) groups excluding carboxylic acids is 2. The Labute approximate surface area is 217 Å². The Morgan fingerprint density at radius 3 is 2.69 bits per heavy atom. The van der Waals surface area contributed by atoms with Crippen molar-refractivity contribution in [1.82, 2.24) is 10.4 Å². The van der Waals surface area contributed by atoms with E-state index in [-0.39, 0.29) is 12.7 Å². The molecule has 0 spiro atoms. The van der Waals surface area contributed by atoms with E-state index in [1.165, 1.54) is 5.01 Å². The number of ether oxygens (including phenoxy) is 3. The number of fused-ring (bicyclic) bond motifs is 2. The second-order valence-corrected chi connectivity index (χ2v) is 9.46. The molecule has 0 unspecified atom stereocenters. The van der Waals surface area contributed by atoms with Crippen LogP contribution in [0.15, 0.2) is 65.1 Å². The topological polar surface area (TPSA) is 89.1 Å². The van der Waals surface area contributed by atoms with Crippen LogP contribution in [-0.4, -0.2) is 30.2 Å². The van der Waals surface area contributed by atoms with Crippen molar-refractivity contribution < 1.29 is 23.8 Å². The van der Waals surface area contributed by atoms with Gasteiger partial charge in [-0.1, -0.05) is 47.8 Å². The average molecular weight is 552 g/mol. The SMILES string of the molecule is CCCCCOc1ccc([C@@H]2Nc3ccc(Br)cc3C(=O)N2NC(=O)c2ccc3c(c2)OCO3)cc1. The first kappa shape index (κ1) is 24.0. The zero-order valence-corrected chi connectivity index (χ0v) is 21.3. The highest BCUT2D eigenvalue weighted by atomic mass is 79.9. The predicted molar refractivity (Wildman–Crippen MR) is 138 cm³/mol. The fourth-order valence-corrected chi connectivity index (χ4v) is 4.49. The van der Waals surface area contributed by atoms with Crippen molar-refractivity contribution >= 4 is 33.4 Å². The van der Waals surface area contributed by atoms with Crippen molar-refractivity contribution in [2.75, 3.05) is 18.7 Å². The molecule has 9 heteroatoms. The minimum absolute atomic E-state index is 0.112. The van der Waals surface area contributed by atoms with E-state index in [1.54, 1.807) is 24.3 Å². The lowest BCUT2D eigenvalue weighted by Gasteiger charge is -2.38. The van der Waals surface area contributed by atoms with Crippen LogP contribution in [0.5, 0.6) is 17.2 Å². The monoisotopic (exact) mass is 551 g/mol. The van der Waals surface area contributed by atoms with Gasteiger partial charge in [0.25, 0.3) is 11.8 Å². The summed E-state index contributed by atoms with van der Waals surface area (Å²) >= 11 is 3.43. The van der Waals surface area contributed by atoms with Crippen LogP contribution in [0.25, 0.3) is 0 Å². The summed E-state index contributed by atoms with van der Waals surface area (Å²) in [6.07, 6.45) is 2.64. The van der Waals surface area contributed by atoms with Crippen molar-refractivity contribution in [2.45, 2.75) is 32.4 Å². The molecule has 36 heavy (non-hydrogen) atoms. The highest BCUT2D eigenvalue weighted by molar-refractivity contribution is 9.10. The third kappa shape index (κ3) is 4.97. The molecule has 2 aliphatic heterocycles. The molecule has 3 aromatic carbocycles. The Morgan fingerprint density at radius 1 is 1.08 bits per heavy atom. The van der Waals surface area contributed by atoms with Gasteiger partial charge in [-0.15, -0.1) is 0 Å². The van der Waals surface area contributed by atoms with Gasteiger partial charge < -0.3 is 19.5 Å². The van der Waals surface area contributed by atoms with E-state index in [0.717, 1.165) is 35.0 Å². The van der Waals surface area contributed by atoms with Gasteiger partial charge in [0.2, 0.25) is 6.79 Å². The molecule has 0 radical (unpaired) electrons. The molecule has 2 aliphatic rings. The predicted octanol–water partition coefficient (Wildman–Crippen LogP) is 5.66. The summed E-state index contributed by atoms with van der Waals surface area (Å²) in [5.41, 5.74) is 5.06. The van der Waals surface area contributed by atoms with Crippen LogP contribution in [0, 0.1) is 0 Å². The standard InChI is InChI=1S/C27H26BrN3O5/c1-2-3-4-13-34-20-9-5-17(6-10-20)25-29-22-11-8-19(28)15-21(22)27(33)31(25)30-26(32)18-7-12-23-24(14-18)36-16-35-23/h5-12,14-15,25,29H,2-4,13,16H2,1H3,(H,30,32)/t25-/m1/s1. The average Bonchev–Trinajstić information content (AvgIpc) is 3.37. The number of amides is 2. The Balaban J connectivity index is 1.40. The van der Waals surface area contributed by atoms with E-state index in [1.807, 2.05) is 36.4 Å². The second kappa shape index (κ2) is 10.5. The van der Waals surface area contributed by atoms with Crippen molar-refractivity contribution in [3.63, 3.8) is 0 Å². The lowest BCUT2D eigenvalue weighted by molar-refractivity contribution is 0.0490. The number of nitrogens with one attached hydrogen (secondary N) is 2. The highest BCUT2D eigenvalue weighted by Gasteiger charge is 2.35. The Morgan fingerprint density at radius 2 is 1.89 bits per heavy atom. The molecule has 0 saturated heterocycles. The molecule has 2 heterocycles. The van der Waals surface area contributed by atoms with Gasteiger partial charge >= 0.3 is 0 Å². The second-order valence-electron chi connectivity index (χ2n) is 8.55. The maximum atomic E-state index is 13.6. The maximum absolute atomic E-state index is 13.6. The molecule has 8 nitrogen and oxygen atoms in total. The number of anilines is 1. The first-order valence-corrected chi connectivity index (χ1v) is 12.7. The number of halogens is 1. The van der Waals surface area contributed by atoms with Crippen LogP contribution >= 0.6 is 15.9 Å². The van der Waals surface area contributed by atoms with Gasteiger partial charge in [0, 0.05) is 15.7 Å². The Kier molecular flexibility index (Phi) is 6.99. The quantitative estimate of drug-likeness (QED) is 0.351. The largest absolute Gasteiger partial charge is 0.494 e. The number of nitrogens with zero attached hydrogens (tertiary/aromatic N) is 1. The van der Waals surface area contributed by atoms with Gasteiger partial charge in [-0.25, -0.2) is 5.01 Å². The molecule has 3 aromatic rings. The number of hydrazine groups is 1.